The number of benzene rings is 1. The van der Waals surface area contributed by atoms with Crippen LogP contribution >= 0.6 is 0 Å². The zero-order chi connectivity index (χ0) is 13.1. The molecule has 1 heterocycles. The average molecular weight is 250 g/mol. The third-order valence-corrected chi connectivity index (χ3v) is 3.03. The van der Waals surface area contributed by atoms with Crippen LogP contribution in [0.1, 0.15) is 20.3 Å². The van der Waals surface area contributed by atoms with Gasteiger partial charge in [0, 0.05) is 12.6 Å². The van der Waals surface area contributed by atoms with Crippen LogP contribution in [0, 0.1) is 5.92 Å². The molecule has 0 aliphatic carbocycles. The summed E-state index contributed by atoms with van der Waals surface area (Å²) in [5, 5.41) is 20.1. The number of nitrogens with two attached hydrogens (primary N) is 1. The number of hydrogen-bond acceptors (Lipinski definition) is 6. The van der Waals surface area contributed by atoms with Crippen LogP contribution < -0.4 is 11.1 Å². The van der Waals surface area contributed by atoms with E-state index in [1.165, 1.54) is 0 Å². The summed E-state index contributed by atoms with van der Waals surface area (Å²) in [5.41, 5.74) is 8.34. The summed E-state index contributed by atoms with van der Waals surface area (Å²) in [4.78, 5) is 0. The monoisotopic (exact) mass is 250 g/mol. The Morgan fingerprint density at radius 2 is 2.06 bits per heavy atom. The van der Waals surface area contributed by atoms with Gasteiger partial charge in [-0.2, -0.15) is 0 Å². The van der Waals surface area contributed by atoms with Crippen LogP contribution in [-0.4, -0.2) is 28.1 Å². The quantitative estimate of drug-likeness (QED) is 0.698. The van der Waals surface area contributed by atoms with Crippen molar-refractivity contribution in [3.8, 4) is 0 Å². The minimum absolute atomic E-state index is 0.144. The number of anilines is 2. The molecule has 1 unspecified atom stereocenters. The first-order valence-electron chi connectivity index (χ1n) is 6.01. The molecular formula is C12H18N4O2. The SMILES string of the molecule is CC(C)C(CCO)Nc1ccc(N)c2nonc12. The van der Waals surface area contributed by atoms with Crippen molar-refractivity contribution in [3.63, 3.8) is 0 Å². The molecule has 0 aliphatic rings. The van der Waals surface area contributed by atoms with Gasteiger partial charge in [-0.15, -0.1) is 0 Å². The van der Waals surface area contributed by atoms with Crippen molar-refractivity contribution in [2.24, 2.45) is 5.92 Å². The van der Waals surface area contributed by atoms with Gasteiger partial charge in [-0.25, -0.2) is 4.63 Å². The Morgan fingerprint density at radius 3 is 2.72 bits per heavy atom. The third-order valence-electron chi connectivity index (χ3n) is 3.03. The first kappa shape index (κ1) is 12.6. The smallest absolute Gasteiger partial charge is 0.160 e. The van der Waals surface area contributed by atoms with Crippen molar-refractivity contribution in [1.82, 2.24) is 10.3 Å². The number of fused-ring (bicyclic) bond motifs is 1. The van der Waals surface area contributed by atoms with Crippen LogP contribution in [0.25, 0.3) is 11.0 Å². The molecule has 6 nitrogen and oxygen atoms in total. The number of nitrogen functional groups attached to an aromatic ring is 1. The van der Waals surface area contributed by atoms with Crippen molar-refractivity contribution >= 4 is 22.4 Å². The lowest BCUT2D eigenvalue weighted by molar-refractivity contribution is 0.267. The normalized spacial score (nSPS) is 13.1. The minimum Gasteiger partial charge on any atom is -0.397 e. The highest BCUT2D eigenvalue weighted by Crippen LogP contribution is 2.26. The molecule has 0 bridgehead atoms. The Bertz CT molecular complexity index is 524. The van der Waals surface area contributed by atoms with Gasteiger partial charge < -0.3 is 16.2 Å². The van der Waals surface area contributed by atoms with Gasteiger partial charge in [-0.3, -0.25) is 0 Å². The third kappa shape index (κ3) is 2.38. The minimum atomic E-state index is 0.144. The molecule has 2 aromatic rings. The molecule has 0 aliphatic heterocycles. The molecule has 98 valence electrons. The van der Waals surface area contributed by atoms with Crippen LogP contribution in [0.2, 0.25) is 0 Å². The van der Waals surface area contributed by atoms with E-state index in [2.05, 4.69) is 29.5 Å². The molecule has 0 spiro atoms. The Morgan fingerprint density at radius 1 is 1.33 bits per heavy atom. The van der Waals surface area contributed by atoms with Crippen LogP contribution in [0.4, 0.5) is 11.4 Å². The molecule has 6 heteroatoms. The van der Waals surface area contributed by atoms with E-state index >= 15 is 0 Å². The van der Waals surface area contributed by atoms with Gasteiger partial charge in [0.25, 0.3) is 0 Å². The van der Waals surface area contributed by atoms with Crippen molar-refractivity contribution in [2.75, 3.05) is 17.7 Å². The maximum absolute atomic E-state index is 9.07. The van der Waals surface area contributed by atoms with Crippen molar-refractivity contribution < 1.29 is 9.74 Å². The van der Waals surface area contributed by atoms with Gasteiger partial charge in [-0.05, 0) is 34.8 Å². The fourth-order valence-corrected chi connectivity index (χ4v) is 1.91. The van der Waals surface area contributed by atoms with Crippen LogP contribution in [0.15, 0.2) is 16.8 Å². The maximum atomic E-state index is 9.07. The molecule has 0 saturated heterocycles. The number of hydrogen-bond donors (Lipinski definition) is 3. The van der Waals surface area contributed by atoms with Gasteiger partial charge in [-0.1, -0.05) is 13.8 Å². The van der Waals surface area contributed by atoms with E-state index in [-0.39, 0.29) is 12.6 Å². The zero-order valence-electron chi connectivity index (χ0n) is 10.6. The molecule has 0 fully saturated rings. The zero-order valence-corrected chi connectivity index (χ0v) is 10.6. The highest BCUT2D eigenvalue weighted by Gasteiger charge is 2.16. The summed E-state index contributed by atoms with van der Waals surface area (Å²) in [6.07, 6.45) is 0.675. The molecule has 1 aromatic heterocycles. The van der Waals surface area contributed by atoms with Gasteiger partial charge in [0.2, 0.25) is 0 Å². The molecule has 0 saturated carbocycles. The van der Waals surface area contributed by atoms with Crippen LogP contribution in [-0.2, 0) is 0 Å². The van der Waals surface area contributed by atoms with Crippen LogP contribution in [0.3, 0.4) is 0 Å². The molecule has 1 aromatic carbocycles. The van der Waals surface area contributed by atoms with Gasteiger partial charge in [0.1, 0.15) is 0 Å². The number of aliphatic hydroxyl groups excluding tert-OH is 1. The molecule has 0 radical (unpaired) electrons. The van der Waals surface area contributed by atoms with Crippen molar-refractivity contribution in [1.29, 1.82) is 0 Å². The van der Waals surface area contributed by atoms with Crippen LogP contribution in [0.5, 0.6) is 0 Å². The fourth-order valence-electron chi connectivity index (χ4n) is 1.91. The van der Waals surface area contributed by atoms with E-state index < -0.39 is 0 Å². The number of nitrogens with zero attached hydrogens (tertiary/aromatic N) is 2. The standard InChI is InChI=1S/C12H18N4O2/c1-7(2)9(5-6-17)14-10-4-3-8(13)11-12(10)16-18-15-11/h3-4,7,9,14,17H,5-6,13H2,1-2H3. The molecule has 1 atom stereocenters. The average Bonchev–Trinajstić information content (AvgIpc) is 2.81. The first-order valence-corrected chi connectivity index (χ1v) is 6.01. The number of aliphatic hydroxyl groups is 1. The Kier molecular flexibility index (Phi) is 3.66. The summed E-state index contributed by atoms with van der Waals surface area (Å²) >= 11 is 0. The summed E-state index contributed by atoms with van der Waals surface area (Å²) in [7, 11) is 0. The highest BCUT2D eigenvalue weighted by atomic mass is 16.6. The molecule has 18 heavy (non-hydrogen) atoms. The van der Waals surface area contributed by atoms with E-state index in [9.17, 15) is 0 Å². The number of aromatic nitrogens is 2. The first-order chi connectivity index (χ1) is 8.63. The molecule has 0 amide bonds. The largest absolute Gasteiger partial charge is 0.397 e. The van der Waals surface area contributed by atoms with E-state index in [0.29, 0.717) is 29.1 Å². The number of nitrogens with one attached hydrogen (secondary N) is 1. The molecular weight excluding hydrogens is 232 g/mol. The topological polar surface area (TPSA) is 97.2 Å². The second kappa shape index (κ2) is 5.22. The second-order valence-corrected chi connectivity index (χ2v) is 4.67. The lowest BCUT2D eigenvalue weighted by Crippen LogP contribution is -2.26. The Hall–Kier alpha value is -1.82. The van der Waals surface area contributed by atoms with E-state index in [1.807, 2.05) is 6.07 Å². The van der Waals surface area contributed by atoms with E-state index in [4.69, 9.17) is 15.5 Å². The Labute approximate surface area is 105 Å². The van der Waals surface area contributed by atoms with E-state index in [0.717, 1.165) is 5.69 Å². The predicted octanol–water partition coefficient (Wildman–Crippen LogP) is 1.62. The lowest BCUT2D eigenvalue weighted by Gasteiger charge is -2.22. The Balaban J connectivity index is 2.30. The van der Waals surface area contributed by atoms with E-state index in [1.54, 1.807) is 6.07 Å². The van der Waals surface area contributed by atoms with Gasteiger partial charge >= 0.3 is 0 Å². The molecule has 4 N–H and O–H groups in total. The summed E-state index contributed by atoms with van der Waals surface area (Å²) < 4.78 is 4.72. The summed E-state index contributed by atoms with van der Waals surface area (Å²) in [5.74, 6) is 0.393. The maximum Gasteiger partial charge on any atom is 0.160 e. The summed E-state index contributed by atoms with van der Waals surface area (Å²) in [6, 6.07) is 3.79. The lowest BCUT2D eigenvalue weighted by atomic mass is 10.0. The highest BCUT2D eigenvalue weighted by molar-refractivity contribution is 5.95. The second-order valence-electron chi connectivity index (χ2n) is 4.67. The van der Waals surface area contributed by atoms with Gasteiger partial charge in [0.05, 0.1) is 11.4 Å². The predicted molar refractivity (Wildman–Crippen MR) is 70.2 cm³/mol. The van der Waals surface area contributed by atoms with Gasteiger partial charge in [0.15, 0.2) is 11.0 Å². The van der Waals surface area contributed by atoms with Crippen molar-refractivity contribution in [3.05, 3.63) is 12.1 Å². The summed E-state index contributed by atoms with van der Waals surface area (Å²) in [6.45, 7) is 4.34. The fraction of sp³-hybridized carbons (Fsp3) is 0.500. The number of rotatable bonds is 5. The molecule has 2 rings (SSSR count). The van der Waals surface area contributed by atoms with Crippen molar-refractivity contribution in [2.45, 2.75) is 26.3 Å².